The molecule has 0 radical (unpaired) electrons. The zero-order chi connectivity index (χ0) is 13.7. The first kappa shape index (κ1) is 18.8. The van der Waals surface area contributed by atoms with Crippen LogP contribution in [-0.2, 0) is 4.79 Å². The Hall–Kier alpha value is -0.570. The van der Waals surface area contributed by atoms with Crippen LogP contribution in [0.25, 0.3) is 0 Å². The average Bonchev–Trinajstić information content (AvgIpc) is 2.41. The molecule has 0 aromatic carbocycles. The van der Waals surface area contributed by atoms with Gasteiger partial charge in [-0.1, -0.05) is 41.0 Å². The molecular weight excluding hydrogens is 212 g/mol. The van der Waals surface area contributed by atoms with E-state index in [-0.39, 0.29) is 11.8 Å². The van der Waals surface area contributed by atoms with Crippen LogP contribution in [0, 0.1) is 5.92 Å². The van der Waals surface area contributed by atoms with Gasteiger partial charge in [0.2, 0.25) is 5.91 Å². The Balaban J connectivity index is 0. The fraction of sp³-hybridized carbons (Fsp3) is 0.929. The van der Waals surface area contributed by atoms with Gasteiger partial charge in [0.15, 0.2) is 0 Å². The molecule has 1 amide bonds. The minimum absolute atomic E-state index is 0.214. The summed E-state index contributed by atoms with van der Waals surface area (Å²) in [5.74, 6) is 0.476. The molecule has 1 rings (SSSR count). The van der Waals surface area contributed by atoms with Crippen LogP contribution in [-0.4, -0.2) is 37.5 Å². The fourth-order valence-corrected chi connectivity index (χ4v) is 1.72. The van der Waals surface area contributed by atoms with Gasteiger partial charge in [0.25, 0.3) is 0 Å². The molecule has 0 unspecified atom stereocenters. The Morgan fingerprint density at radius 3 is 1.88 bits per heavy atom. The monoisotopic (exact) mass is 244 g/mol. The lowest BCUT2D eigenvalue weighted by molar-refractivity contribution is -0.125. The zero-order valence-corrected chi connectivity index (χ0v) is 12.7. The summed E-state index contributed by atoms with van der Waals surface area (Å²) in [4.78, 5) is 13.6. The largest absolute Gasteiger partial charge is 0.359 e. The highest BCUT2D eigenvalue weighted by Gasteiger charge is 2.22. The number of amides is 1. The summed E-state index contributed by atoms with van der Waals surface area (Å²) in [6, 6.07) is 0. The first-order valence-corrected chi connectivity index (χ1v) is 7.13. The molecule has 0 aliphatic carbocycles. The standard InChI is InChI=1S/C9H18N2O.C3H8.C2H6/c1-3-11-6-4-8(5-7-11)9(12)10-2;1-3-2;1-2/h8H,3-7H2,1-2H3,(H,10,12);3H2,1-2H3;1-2H3. The van der Waals surface area contributed by atoms with E-state index in [1.807, 2.05) is 13.8 Å². The van der Waals surface area contributed by atoms with E-state index in [0.29, 0.717) is 0 Å². The van der Waals surface area contributed by atoms with Crippen LogP contribution in [0.1, 0.15) is 53.9 Å². The Labute approximate surface area is 108 Å². The summed E-state index contributed by atoms with van der Waals surface area (Å²) in [5.41, 5.74) is 0. The Bertz CT molecular complexity index is 164. The lowest BCUT2D eigenvalue weighted by Crippen LogP contribution is -2.39. The molecule has 104 valence electrons. The molecule has 0 aromatic heterocycles. The molecule has 0 spiro atoms. The van der Waals surface area contributed by atoms with Gasteiger partial charge < -0.3 is 10.2 Å². The van der Waals surface area contributed by atoms with Crippen molar-refractivity contribution in [1.29, 1.82) is 0 Å². The fourth-order valence-electron chi connectivity index (χ4n) is 1.72. The number of carbonyl (C=O) groups is 1. The van der Waals surface area contributed by atoms with Crippen LogP contribution in [0.5, 0.6) is 0 Å². The molecule has 1 aliphatic rings. The Morgan fingerprint density at radius 2 is 1.59 bits per heavy atom. The van der Waals surface area contributed by atoms with E-state index in [1.165, 1.54) is 6.42 Å². The van der Waals surface area contributed by atoms with Gasteiger partial charge in [0.05, 0.1) is 0 Å². The average molecular weight is 244 g/mol. The van der Waals surface area contributed by atoms with Gasteiger partial charge in [-0.25, -0.2) is 0 Å². The highest BCUT2D eigenvalue weighted by Crippen LogP contribution is 2.16. The van der Waals surface area contributed by atoms with E-state index in [2.05, 4.69) is 31.0 Å². The highest BCUT2D eigenvalue weighted by atomic mass is 16.1. The molecule has 0 saturated carbocycles. The van der Waals surface area contributed by atoms with Gasteiger partial charge >= 0.3 is 0 Å². The SMILES string of the molecule is CC.CCC.CCN1CCC(C(=O)NC)CC1. The number of likely N-dealkylation sites (tertiary alicyclic amines) is 1. The third kappa shape index (κ3) is 9.16. The van der Waals surface area contributed by atoms with Crippen LogP contribution < -0.4 is 5.32 Å². The highest BCUT2D eigenvalue weighted by molar-refractivity contribution is 5.78. The van der Waals surface area contributed by atoms with Gasteiger partial charge in [-0.05, 0) is 32.5 Å². The van der Waals surface area contributed by atoms with Crippen molar-refractivity contribution >= 4 is 5.91 Å². The van der Waals surface area contributed by atoms with Crippen LogP contribution in [0.4, 0.5) is 0 Å². The number of nitrogens with zero attached hydrogens (tertiary/aromatic N) is 1. The van der Waals surface area contributed by atoms with Crippen molar-refractivity contribution in [2.45, 2.75) is 53.9 Å². The predicted molar refractivity (Wildman–Crippen MR) is 76.2 cm³/mol. The molecule has 0 atom stereocenters. The first-order valence-electron chi connectivity index (χ1n) is 7.13. The third-order valence-electron chi connectivity index (χ3n) is 2.65. The molecule has 1 aliphatic heterocycles. The van der Waals surface area contributed by atoms with Crippen molar-refractivity contribution in [3.8, 4) is 0 Å². The second-order valence-corrected chi connectivity index (χ2v) is 4.03. The summed E-state index contributed by atoms with van der Waals surface area (Å²) in [6.07, 6.45) is 3.29. The molecule has 3 heteroatoms. The maximum absolute atomic E-state index is 11.2. The van der Waals surface area contributed by atoms with Crippen LogP contribution in [0.2, 0.25) is 0 Å². The second kappa shape index (κ2) is 13.5. The summed E-state index contributed by atoms with van der Waals surface area (Å²) in [5, 5.41) is 2.71. The van der Waals surface area contributed by atoms with E-state index in [4.69, 9.17) is 0 Å². The van der Waals surface area contributed by atoms with Gasteiger partial charge in [-0.2, -0.15) is 0 Å². The smallest absolute Gasteiger partial charge is 0.222 e. The number of piperidine rings is 1. The molecule has 17 heavy (non-hydrogen) atoms. The van der Waals surface area contributed by atoms with Crippen molar-refractivity contribution in [3.05, 3.63) is 0 Å². The summed E-state index contributed by atoms with van der Waals surface area (Å²) >= 11 is 0. The lowest BCUT2D eigenvalue weighted by Gasteiger charge is -2.29. The van der Waals surface area contributed by atoms with E-state index < -0.39 is 0 Å². The topological polar surface area (TPSA) is 32.3 Å². The van der Waals surface area contributed by atoms with E-state index >= 15 is 0 Å². The van der Waals surface area contributed by atoms with E-state index in [1.54, 1.807) is 7.05 Å². The van der Waals surface area contributed by atoms with Gasteiger partial charge in [-0.15, -0.1) is 0 Å². The third-order valence-corrected chi connectivity index (χ3v) is 2.65. The molecular formula is C14H32N2O. The lowest BCUT2D eigenvalue weighted by atomic mass is 9.96. The van der Waals surface area contributed by atoms with Gasteiger partial charge in [0, 0.05) is 13.0 Å². The van der Waals surface area contributed by atoms with Crippen LogP contribution >= 0.6 is 0 Å². The predicted octanol–water partition coefficient (Wildman–Crippen LogP) is 2.91. The number of carbonyl (C=O) groups excluding carboxylic acids is 1. The molecule has 0 aromatic rings. The summed E-state index contributed by atoms with van der Waals surface area (Å²) in [7, 11) is 1.72. The number of hydrogen-bond acceptors (Lipinski definition) is 2. The normalized spacial score (nSPS) is 16.1. The van der Waals surface area contributed by atoms with Crippen LogP contribution in [0.3, 0.4) is 0 Å². The first-order chi connectivity index (χ1) is 8.19. The number of rotatable bonds is 2. The van der Waals surface area contributed by atoms with E-state index in [9.17, 15) is 4.79 Å². The molecule has 1 fully saturated rings. The summed E-state index contributed by atoms with van der Waals surface area (Å²) < 4.78 is 0. The quantitative estimate of drug-likeness (QED) is 0.810. The van der Waals surface area contributed by atoms with Gasteiger partial charge in [0.1, 0.15) is 0 Å². The number of hydrogen-bond donors (Lipinski definition) is 1. The molecule has 1 saturated heterocycles. The maximum Gasteiger partial charge on any atom is 0.222 e. The maximum atomic E-state index is 11.2. The second-order valence-electron chi connectivity index (χ2n) is 4.03. The molecule has 0 bridgehead atoms. The van der Waals surface area contributed by atoms with E-state index in [0.717, 1.165) is 32.5 Å². The van der Waals surface area contributed by atoms with Crippen molar-refractivity contribution in [2.75, 3.05) is 26.7 Å². The minimum atomic E-state index is 0.214. The van der Waals surface area contributed by atoms with Crippen molar-refractivity contribution in [1.82, 2.24) is 10.2 Å². The van der Waals surface area contributed by atoms with Gasteiger partial charge in [-0.3, -0.25) is 4.79 Å². The van der Waals surface area contributed by atoms with Crippen molar-refractivity contribution < 1.29 is 4.79 Å². The molecule has 3 nitrogen and oxygen atoms in total. The van der Waals surface area contributed by atoms with Crippen molar-refractivity contribution in [3.63, 3.8) is 0 Å². The minimum Gasteiger partial charge on any atom is -0.359 e. The van der Waals surface area contributed by atoms with Crippen molar-refractivity contribution in [2.24, 2.45) is 5.92 Å². The Morgan fingerprint density at radius 1 is 1.18 bits per heavy atom. The van der Waals surface area contributed by atoms with Crippen LogP contribution in [0.15, 0.2) is 0 Å². The number of nitrogens with one attached hydrogen (secondary N) is 1. The summed E-state index contributed by atoms with van der Waals surface area (Å²) in [6.45, 7) is 13.7. The molecule has 1 heterocycles. The zero-order valence-electron chi connectivity index (χ0n) is 12.7. The molecule has 1 N–H and O–H groups in total. The Kier molecular flexibility index (Phi) is 14.9.